The van der Waals surface area contributed by atoms with Crippen LogP contribution in [-0.4, -0.2) is 40.0 Å². The van der Waals surface area contributed by atoms with Crippen molar-refractivity contribution in [2.24, 2.45) is 13.0 Å². The van der Waals surface area contributed by atoms with E-state index in [-0.39, 0.29) is 16.6 Å². The Kier molecular flexibility index (Phi) is 8.10. The molecule has 3 heterocycles. The average molecular weight is 571 g/mol. The van der Waals surface area contributed by atoms with Gasteiger partial charge in [-0.3, -0.25) is 4.79 Å². The lowest BCUT2D eigenvalue weighted by molar-refractivity contribution is 0.0949. The number of hydrogen-bond acceptors (Lipinski definition) is 5. The highest BCUT2D eigenvalue weighted by Gasteiger charge is 2.34. The molecule has 4 aromatic rings. The highest BCUT2D eigenvalue weighted by molar-refractivity contribution is 6.87. The highest BCUT2D eigenvalue weighted by Crippen LogP contribution is 2.43. The van der Waals surface area contributed by atoms with Gasteiger partial charge in [0.1, 0.15) is 31.6 Å². The highest BCUT2D eigenvalue weighted by atomic mass is 28.3. The van der Waals surface area contributed by atoms with Gasteiger partial charge < -0.3 is 15.6 Å². The summed E-state index contributed by atoms with van der Waals surface area (Å²) in [6.45, 7) is 17.3. The summed E-state index contributed by atoms with van der Waals surface area (Å²) >= 11 is 0. The maximum Gasteiger partial charge on any atom is 0.251 e. The fraction of sp³-hybridized carbons (Fsp3) is 0.375. The van der Waals surface area contributed by atoms with Crippen LogP contribution in [0.3, 0.4) is 0 Å². The van der Waals surface area contributed by atoms with Crippen molar-refractivity contribution in [3.63, 3.8) is 0 Å². The molecule has 7 nitrogen and oxygen atoms in total. The van der Waals surface area contributed by atoms with Gasteiger partial charge in [0.2, 0.25) is 0 Å². The van der Waals surface area contributed by atoms with Crippen LogP contribution in [0, 0.1) is 30.1 Å². The molecule has 0 aliphatic heterocycles. The fourth-order valence-electron chi connectivity index (χ4n) is 4.37. The van der Waals surface area contributed by atoms with E-state index in [4.69, 9.17) is 5.73 Å². The molecule has 0 unspecified atom stereocenters. The lowest BCUT2D eigenvalue weighted by atomic mass is 9.96. The number of amides is 1. The summed E-state index contributed by atoms with van der Waals surface area (Å²) in [6.07, 6.45) is 3.09. The summed E-state index contributed by atoms with van der Waals surface area (Å²) in [5.74, 6) is 3.13. The Labute approximate surface area is 242 Å². The Bertz CT molecular complexity index is 1690. The molecule has 9 heteroatoms. The maximum absolute atomic E-state index is 15.8. The largest absolute Gasteiger partial charge is 0.383 e. The number of carbonyl (C=O) groups excluding carboxylic acids is 1. The molecule has 1 amide bonds. The van der Waals surface area contributed by atoms with Gasteiger partial charge in [0.25, 0.3) is 5.91 Å². The van der Waals surface area contributed by atoms with Gasteiger partial charge in [-0.25, -0.2) is 19.3 Å². The number of benzene rings is 1. The lowest BCUT2D eigenvalue weighted by Gasteiger charge is -2.31. The summed E-state index contributed by atoms with van der Waals surface area (Å²) < 4.78 is 17.7. The normalized spacial score (nSPS) is 12.0. The quantitative estimate of drug-likeness (QED) is 0.210. The van der Waals surface area contributed by atoms with Crippen LogP contribution in [0.4, 0.5) is 10.2 Å². The van der Waals surface area contributed by atoms with Crippen molar-refractivity contribution < 1.29 is 9.18 Å². The Balaban J connectivity index is 1.87. The zero-order valence-corrected chi connectivity index (χ0v) is 26.4. The molecule has 0 aliphatic rings. The summed E-state index contributed by atoms with van der Waals surface area (Å²) in [7, 11) is -0.0846. The minimum absolute atomic E-state index is 0.0507. The summed E-state index contributed by atoms with van der Waals surface area (Å²) in [5, 5.41) is 3.65. The molecule has 0 saturated heterocycles. The number of nitrogens with one attached hydrogen (secondary N) is 1. The van der Waals surface area contributed by atoms with E-state index in [0.717, 1.165) is 11.1 Å². The van der Waals surface area contributed by atoms with Gasteiger partial charge >= 0.3 is 0 Å². The molecule has 0 spiro atoms. The van der Waals surface area contributed by atoms with Gasteiger partial charge in [-0.05, 0) is 41.1 Å². The number of pyridine rings is 1. The van der Waals surface area contributed by atoms with Crippen molar-refractivity contribution in [1.29, 1.82) is 0 Å². The molecule has 0 fully saturated rings. The smallest absolute Gasteiger partial charge is 0.251 e. The molecule has 1 aromatic carbocycles. The van der Waals surface area contributed by atoms with E-state index in [0.29, 0.717) is 51.7 Å². The molecular weight excluding hydrogens is 531 g/mol. The molecular formula is C32H39FN6OSi. The predicted molar refractivity (Wildman–Crippen MR) is 168 cm³/mol. The van der Waals surface area contributed by atoms with Crippen LogP contribution in [0.25, 0.3) is 33.4 Å². The molecule has 3 N–H and O–H groups in total. The van der Waals surface area contributed by atoms with Crippen molar-refractivity contribution in [2.45, 2.75) is 59.7 Å². The van der Waals surface area contributed by atoms with Gasteiger partial charge in [-0.15, -0.1) is 5.54 Å². The second-order valence-electron chi connectivity index (χ2n) is 12.5. The Hall–Kier alpha value is -4.03. The minimum Gasteiger partial charge on any atom is -0.383 e. The van der Waals surface area contributed by atoms with Crippen molar-refractivity contribution in [1.82, 2.24) is 24.8 Å². The standard InChI is InChI=1S/C32H39FN6OSi/c1-19(2)16-36-31(40)22-12-10-21(11-13-22)25-26-29(34)37-18-38-30(26)39(7)28(25)23-17-35-24(27(33)20(23)3)14-15-41(8,9)32(4,5)6/h10-13,17-19H,16H2,1-9H3,(H,36,40)(H2,34,37,38). The van der Waals surface area contributed by atoms with E-state index < -0.39 is 13.9 Å². The molecule has 0 bridgehead atoms. The van der Waals surface area contributed by atoms with E-state index in [9.17, 15) is 4.79 Å². The molecule has 41 heavy (non-hydrogen) atoms. The van der Waals surface area contributed by atoms with Crippen LogP contribution in [0.5, 0.6) is 0 Å². The third-order valence-electron chi connectivity index (χ3n) is 7.99. The van der Waals surface area contributed by atoms with Crippen LogP contribution in [0.1, 0.15) is 56.2 Å². The molecule has 0 atom stereocenters. The van der Waals surface area contributed by atoms with Gasteiger partial charge in [-0.1, -0.05) is 65.8 Å². The van der Waals surface area contributed by atoms with Gasteiger partial charge in [0, 0.05) is 36.5 Å². The number of fused-ring (bicyclic) bond motifs is 1. The number of nitrogens with zero attached hydrogens (tertiary/aromatic N) is 4. The van der Waals surface area contributed by atoms with Gasteiger partial charge in [0.15, 0.2) is 5.82 Å². The van der Waals surface area contributed by atoms with E-state index in [1.54, 1.807) is 25.3 Å². The molecule has 4 rings (SSSR count). The maximum atomic E-state index is 15.8. The third kappa shape index (κ3) is 5.75. The molecule has 214 valence electrons. The summed E-state index contributed by atoms with van der Waals surface area (Å²) in [6, 6.07) is 7.29. The number of hydrogen-bond donors (Lipinski definition) is 2. The topological polar surface area (TPSA) is 98.7 Å². The first kappa shape index (κ1) is 29.9. The number of carbonyl (C=O) groups is 1. The first-order chi connectivity index (χ1) is 19.1. The fourth-order valence-corrected chi connectivity index (χ4v) is 5.17. The van der Waals surface area contributed by atoms with E-state index >= 15 is 4.39 Å². The average Bonchev–Trinajstić information content (AvgIpc) is 3.20. The number of aryl methyl sites for hydroxylation is 1. The number of aromatic nitrogens is 4. The number of nitrogens with two attached hydrogens (primary N) is 1. The van der Waals surface area contributed by atoms with Gasteiger partial charge in [0.05, 0.1) is 11.1 Å². The number of nitrogen functional groups attached to an aromatic ring is 1. The summed E-state index contributed by atoms with van der Waals surface area (Å²) in [4.78, 5) is 25.8. The van der Waals surface area contributed by atoms with Crippen molar-refractivity contribution in [3.05, 3.63) is 59.4 Å². The molecule has 0 aliphatic carbocycles. The monoisotopic (exact) mass is 570 g/mol. The Morgan fingerprint density at radius 3 is 2.41 bits per heavy atom. The Morgan fingerprint density at radius 2 is 1.80 bits per heavy atom. The second-order valence-corrected chi connectivity index (χ2v) is 17.5. The minimum atomic E-state index is -1.95. The van der Waals surface area contributed by atoms with Crippen molar-refractivity contribution >= 4 is 30.8 Å². The van der Waals surface area contributed by atoms with E-state index in [2.05, 4.69) is 65.6 Å². The number of anilines is 1. The first-order valence-electron chi connectivity index (χ1n) is 13.8. The van der Waals surface area contributed by atoms with Crippen LogP contribution in [-0.2, 0) is 7.05 Å². The zero-order chi connectivity index (χ0) is 30.3. The van der Waals surface area contributed by atoms with Crippen LogP contribution >= 0.6 is 0 Å². The van der Waals surface area contributed by atoms with E-state index in [1.165, 1.54) is 6.33 Å². The molecule has 0 radical (unpaired) electrons. The molecule has 0 saturated carbocycles. The van der Waals surface area contributed by atoms with Crippen LogP contribution < -0.4 is 11.1 Å². The lowest BCUT2D eigenvalue weighted by Crippen LogP contribution is -2.35. The van der Waals surface area contributed by atoms with Gasteiger partial charge in [-0.2, -0.15) is 0 Å². The summed E-state index contributed by atoms with van der Waals surface area (Å²) in [5.41, 5.74) is 14.3. The molecule has 3 aromatic heterocycles. The van der Waals surface area contributed by atoms with Crippen molar-refractivity contribution in [3.8, 4) is 33.8 Å². The Morgan fingerprint density at radius 1 is 1.15 bits per heavy atom. The third-order valence-corrected chi connectivity index (χ3v) is 12.5. The second kappa shape index (κ2) is 11.1. The van der Waals surface area contributed by atoms with E-state index in [1.807, 2.05) is 37.6 Å². The van der Waals surface area contributed by atoms with Crippen LogP contribution in [0.2, 0.25) is 18.1 Å². The van der Waals surface area contributed by atoms with Crippen molar-refractivity contribution in [2.75, 3.05) is 12.3 Å². The SMILES string of the molecule is Cc1c(-c2c(-c3ccc(C(=O)NCC(C)C)cc3)c3c(N)ncnc3n2C)cnc(C#C[Si](C)(C)C(C)(C)C)c1F. The number of rotatable bonds is 5. The zero-order valence-electron chi connectivity index (χ0n) is 25.4. The van der Waals surface area contributed by atoms with Crippen LogP contribution in [0.15, 0.2) is 36.8 Å². The first-order valence-corrected chi connectivity index (χ1v) is 16.8. The number of halogens is 1. The predicted octanol–water partition coefficient (Wildman–Crippen LogP) is 6.51.